The van der Waals surface area contributed by atoms with Gasteiger partial charge < -0.3 is 5.73 Å². The molecule has 2 N–H and O–H groups in total. The van der Waals surface area contributed by atoms with Gasteiger partial charge in [0, 0.05) is 6.04 Å². The van der Waals surface area contributed by atoms with Crippen LogP contribution in [0.2, 0.25) is 0 Å². The molecule has 1 nitrogen and oxygen atoms in total. The Morgan fingerprint density at radius 3 is 1.94 bits per heavy atom. The van der Waals surface area contributed by atoms with Crippen molar-refractivity contribution in [2.45, 2.75) is 64.3 Å². The van der Waals surface area contributed by atoms with E-state index in [1.807, 2.05) is 0 Å². The second kappa shape index (κ2) is 3.50. The van der Waals surface area contributed by atoms with Crippen LogP contribution in [0.25, 0.3) is 0 Å². The van der Waals surface area contributed by atoms with E-state index in [9.17, 15) is 0 Å². The molecule has 5 fully saturated rings. The van der Waals surface area contributed by atoms with Gasteiger partial charge in [0.15, 0.2) is 0 Å². The Balaban J connectivity index is 1.51. The standard InChI is InChI=1S/C16H27N/c1-10(17)16(2-3-16)9-15-13-5-11-4-12(7-13)8-14(15)6-11/h10-15H,2-9,17H2,1H3. The molecule has 0 aromatic carbocycles. The van der Waals surface area contributed by atoms with Crippen LogP contribution in [0.5, 0.6) is 0 Å². The molecule has 96 valence electrons. The largest absolute Gasteiger partial charge is 0.327 e. The summed E-state index contributed by atoms with van der Waals surface area (Å²) in [5.74, 6) is 5.51. The van der Waals surface area contributed by atoms with Crippen molar-refractivity contribution in [2.24, 2.45) is 40.7 Å². The zero-order valence-corrected chi connectivity index (χ0v) is 11.2. The minimum Gasteiger partial charge on any atom is -0.327 e. The molecule has 1 heteroatoms. The summed E-state index contributed by atoms with van der Waals surface area (Å²) in [6, 6.07) is 0.444. The van der Waals surface area contributed by atoms with Crippen molar-refractivity contribution in [3.63, 3.8) is 0 Å². The van der Waals surface area contributed by atoms with E-state index in [0.717, 1.165) is 29.6 Å². The molecule has 0 aliphatic heterocycles. The molecular weight excluding hydrogens is 206 g/mol. The third kappa shape index (κ3) is 1.61. The first-order valence-corrected chi connectivity index (χ1v) is 7.92. The predicted molar refractivity (Wildman–Crippen MR) is 70.5 cm³/mol. The minimum absolute atomic E-state index is 0.444. The smallest absolute Gasteiger partial charge is 0.00671 e. The lowest BCUT2D eigenvalue weighted by atomic mass is 9.50. The number of hydrogen-bond donors (Lipinski definition) is 1. The van der Waals surface area contributed by atoms with Gasteiger partial charge >= 0.3 is 0 Å². The van der Waals surface area contributed by atoms with Crippen LogP contribution in [0.4, 0.5) is 0 Å². The SMILES string of the molecule is CC(N)C1(CC2C3CC4CC(C3)CC2C4)CC1. The van der Waals surface area contributed by atoms with Gasteiger partial charge in [-0.3, -0.25) is 0 Å². The maximum absolute atomic E-state index is 6.24. The molecule has 5 aliphatic rings. The van der Waals surface area contributed by atoms with E-state index in [0.29, 0.717) is 11.5 Å². The molecule has 4 bridgehead atoms. The number of nitrogens with two attached hydrogens (primary N) is 1. The maximum atomic E-state index is 6.24. The molecule has 1 atom stereocenters. The van der Waals surface area contributed by atoms with E-state index in [-0.39, 0.29) is 0 Å². The van der Waals surface area contributed by atoms with Gasteiger partial charge in [0.25, 0.3) is 0 Å². The van der Waals surface area contributed by atoms with Crippen LogP contribution in [0, 0.1) is 35.0 Å². The third-order valence-corrected chi connectivity index (χ3v) is 6.92. The molecule has 5 aliphatic carbocycles. The quantitative estimate of drug-likeness (QED) is 0.792. The Labute approximate surface area is 106 Å². The first-order valence-electron chi connectivity index (χ1n) is 7.92. The highest BCUT2D eigenvalue weighted by atomic mass is 14.7. The van der Waals surface area contributed by atoms with E-state index in [4.69, 9.17) is 5.73 Å². The molecule has 0 spiro atoms. The van der Waals surface area contributed by atoms with Crippen molar-refractivity contribution < 1.29 is 0 Å². The van der Waals surface area contributed by atoms with E-state index in [1.165, 1.54) is 19.3 Å². The highest BCUT2D eigenvalue weighted by Crippen LogP contribution is 2.62. The van der Waals surface area contributed by atoms with E-state index >= 15 is 0 Å². The Bertz CT molecular complexity index is 287. The van der Waals surface area contributed by atoms with Crippen molar-refractivity contribution in [3.8, 4) is 0 Å². The second-order valence-electron chi connectivity index (χ2n) is 7.95. The predicted octanol–water partition coefficient (Wildman–Crippen LogP) is 3.58. The molecule has 0 heterocycles. The Morgan fingerprint density at radius 1 is 1.00 bits per heavy atom. The second-order valence-corrected chi connectivity index (χ2v) is 7.95. The van der Waals surface area contributed by atoms with Crippen LogP contribution in [-0.4, -0.2) is 6.04 Å². The summed E-state index contributed by atoms with van der Waals surface area (Å²) in [4.78, 5) is 0. The summed E-state index contributed by atoms with van der Waals surface area (Å²) in [5.41, 5.74) is 6.82. The van der Waals surface area contributed by atoms with Crippen molar-refractivity contribution in [1.29, 1.82) is 0 Å². The highest BCUT2D eigenvalue weighted by molar-refractivity contribution is 5.05. The van der Waals surface area contributed by atoms with Gasteiger partial charge in [-0.2, -0.15) is 0 Å². The van der Waals surface area contributed by atoms with Crippen LogP contribution in [0.1, 0.15) is 58.3 Å². The van der Waals surface area contributed by atoms with Crippen molar-refractivity contribution in [3.05, 3.63) is 0 Å². The van der Waals surface area contributed by atoms with Gasteiger partial charge in [0.1, 0.15) is 0 Å². The van der Waals surface area contributed by atoms with Gasteiger partial charge in [-0.1, -0.05) is 0 Å². The van der Waals surface area contributed by atoms with Gasteiger partial charge in [-0.25, -0.2) is 0 Å². The Kier molecular flexibility index (Phi) is 2.23. The topological polar surface area (TPSA) is 26.0 Å². The first kappa shape index (κ1) is 10.8. The monoisotopic (exact) mass is 233 g/mol. The van der Waals surface area contributed by atoms with Crippen LogP contribution in [0.15, 0.2) is 0 Å². The van der Waals surface area contributed by atoms with Crippen LogP contribution in [0.3, 0.4) is 0 Å². The van der Waals surface area contributed by atoms with Crippen LogP contribution < -0.4 is 5.73 Å². The zero-order chi connectivity index (χ0) is 11.6. The van der Waals surface area contributed by atoms with Gasteiger partial charge in [-0.05, 0) is 93.3 Å². The third-order valence-electron chi connectivity index (χ3n) is 6.92. The fourth-order valence-corrected chi connectivity index (χ4v) is 5.85. The Morgan fingerprint density at radius 2 is 1.53 bits per heavy atom. The summed E-state index contributed by atoms with van der Waals surface area (Å²) in [5, 5.41) is 0. The maximum Gasteiger partial charge on any atom is 0.00671 e. The summed E-state index contributed by atoms with van der Waals surface area (Å²) >= 11 is 0. The Hall–Kier alpha value is -0.0400. The lowest BCUT2D eigenvalue weighted by Gasteiger charge is -2.55. The van der Waals surface area contributed by atoms with E-state index in [2.05, 4.69) is 6.92 Å². The average Bonchev–Trinajstić information content (AvgIpc) is 3.03. The highest BCUT2D eigenvalue weighted by Gasteiger charge is 2.54. The van der Waals surface area contributed by atoms with Gasteiger partial charge in [0.2, 0.25) is 0 Å². The van der Waals surface area contributed by atoms with Crippen LogP contribution >= 0.6 is 0 Å². The van der Waals surface area contributed by atoms with E-state index < -0.39 is 0 Å². The van der Waals surface area contributed by atoms with Gasteiger partial charge in [0.05, 0.1) is 0 Å². The molecule has 0 saturated heterocycles. The summed E-state index contributed by atoms with van der Waals surface area (Å²) < 4.78 is 0. The summed E-state index contributed by atoms with van der Waals surface area (Å²) in [6.07, 6.45) is 12.2. The summed E-state index contributed by atoms with van der Waals surface area (Å²) in [6.45, 7) is 2.25. The molecule has 0 amide bonds. The lowest BCUT2D eigenvalue weighted by molar-refractivity contribution is -0.0487. The fourth-order valence-electron chi connectivity index (χ4n) is 5.85. The molecule has 0 aromatic rings. The number of rotatable bonds is 3. The van der Waals surface area contributed by atoms with Crippen molar-refractivity contribution in [2.75, 3.05) is 0 Å². The summed E-state index contributed by atoms with van der Waals surface area (Å²) in [7, 11) is 0. The fraction of sp³-hybridized carbons (Fsp3) is 1.00. The van der Waals surface area contributed by atoms with Crippen LogP contribution in [-0.2, 0) is 0 Å². The number of hydrogen-bond acceptors (Lipinski definition) is 1. The van der Waals surface area contributed by atoms with E-state index in [1.54, 1.807) is 32.1 Å². The molecule has 0 radical (unpaired) electrons. The van der Waals surface area contributed by atoms with Gasteiger partial charge in [-0.15, -0.1) is 0 Å². The lowest BCUT2D eigenvalue weighted by Crippen LogP contribution is -2.46. The minimum atomic E-state index is 0.444. The molecule has 1 unspecified atom stereocenters. The molecule has 17 heavy (non-hydrogen) atoms. The van der Waals surface area contributed by atoms with Crippen molar-refractivity contribution >= 4 is 0 Å². The molecule has 0 aromatic heterocycles. The van der Waals surface area contributed by atoms with Crippen molar-refractivity contribution in [1.82, 2.24) is 0 Å². The normalized spacial score (nSPS) is 51.5. The zero-order valence-electron chi connectivity index (χ0n) is 11.2. The molecule has 5 saturated carbocycles. The molecule has 5 rings (SSSR count). The first-order chi connectivity index (χ1) is 8.16. The average molecular weight is 233 g/mol. The molecular formula is C16H27N.